The molecule has 0 radical (unpaired) electrons. The molecule has 0 aromatic rings. The maximum Gasteiger partial charge on any atom is 0.0602 e. The summed E-state index contributed by atoms with van der Waals surface area (Å²) < 4.78 is 0. The fourth-order valence-electron chi connectivity index (χ4n) is 3.58. The maximum absolute atomic E-state index is 10.3. The van der Waals surface area contributed by atoms with E-state index in [9.17, 15) is 5.11 Å². The molecule has 0 aromatic carbocycles. The summed E-state index contributed by atoms with van der Waals surface area (Å²) in [6, 6.07) is 0. The largest absolute Gasteiger partial charge is 0.393 e. The third kappa shape index (κ3) is 1.50. The van der Waals surface area contributed by atoms with Gasteiger partial charge in [-0.15, -0.1) is 0 Å². The molecule has 0 bridgehead atoms. The second kappa shape index (κ2) is 3.23. The van der Waals surface area contributed by atoms with E-state index < -0.39 is 0 Å². The minimum atomic E-state index is 0.0654. The van der Waals surface area contributed by atoms with E-state index in [4.69, 9.17) is 0 Å². The van der Waals surface area contributed by atoms with Crippen molar-refractivity contribution in [2.24, 2.45) is 17.3 Å². The zero-order valence-corrected chi connectivity index (χ0v) is 9.04. The predicted molar refractivity (Wildman–Crippen MR) is 57.0 cm³/mol. The van der Waals surface area contributed by atoms with Crippen LogP contribution in [0.4, 0.5) is 0 Å². The summed E-state index contributed by atoms with van der Waals surface area (Å²) in [5, 5.41) is 10.3. The van der Waals surface area contributed by atoms with Crippen LogP contribution in [0.2, 0.25) is 0 Å². The highest BCUT2D eigenvalue weighted by atomic mass is 16.3. The van der Waals surface area contributed by atoms with Crippen LogP contribution in [0, 0.1) is 17.3 Å². The molecule has 0 aliphatic heterocycles. The van der Waals surface area contributed by atoms with Gasteiger partial charge in [0.2, 0.25) is 0 Å². The van der Waals surface area contributed by atoms with Crippen molar-refractivity contribution in [1.82, 2.24) is 0 Å². The highest BCUT2D eigenvalue weighted by molar-refractivity contribution is 5.15. The van der Waals surface area contributed by atoms with Gasteiger partial charge in [0.15, 0.2) is 0 Å². The van der Waals surface area contributed by atoms with Crippen molar-refractivity contribution in [3.05, 3.63) is 0 Å². The molecule has 14 heavy (non-hydrogen) atoms. The molecule has 0 heterocycles. The quantitative estimate of drug-likeness (QED) is 0.670. The SMILES string of the molecule is OC(C1CCCCCC1)C1CC12CC2. The Kier molecular flexibility index (Phi) is 2.12. The molecular formula is C13H22O. The van der Waals surface area contributed by atoms with Crippen molar-refractivity contribution >= 4 is 0 Å². The average molecular weight is 194 g/mol. The van der Waals surface area contributed by atoms with E-state index >= 15 is 0 Å². The maximum atomic E-state index is 10.3. The average Bonchev–Trinajstić information content (AvgIpc) is 3.09. The van der Waals surface area contributed by atoms with Crippen LogP contribution in [0.15, 0.2) is 0 Å². The normalized spacial score (nSPS) is 37.9. The molecular weight excluding hydrogens is 172 g/mol. The number of hydrogen-bond acceptors (Lipinski definition) is 1. The topological polar surface area (TPSA) is 20.2 Å². The van der Waals surface area contributed by atoms with Crippen molar-refractivity contribution in [3.8, 4) is 0 Å². The Morgan fingerprint density at radius 2 is 1.64 bits per heavy atom. The minimum Gasteiger partial charge on any atom is -0.393 e. The van der Waals surface area contributed by atoms with Crippen LogP contribution in [0.25, 0.3) is 0 Å². The lowest BCUT2D eigenvalue weighted by atomic mass is 9.90. The van der Waals surface area contributed by atoms with Gasteiger partial charge in [0, 0.05) is 0 Å². The van der Waals surface area contributed by atoms with E-state index in [2.05, 4.69) is 0 Å². The zero-order valence-electron chi connectivity index (χ0n) is 9.04. The van der Waals surface area contributed by atoms with Gasteiger partial charge < -0.3 is 5.11 Å². The molecule has 1 heteroatoms. The molecule has 3 rings (SSSR count). The van der Waals surface area contributed by atoms with Crippen LogP contribution in [0.3, 0.4) is 0 Å². The molecule has 2 unspecified atom stereocenters. The number of rotatable bonds is 2. The van der Waals surface area contributed by atoms with E-state index in [1.54, 1.807) is 0 Å². The summed E-state index contributed by atoms with van der Waals surface area (Å²) in [5.41, 5.74) is 0.686. The van der Waals surface area contributed by atoms with Crippen molar-refractivity contribution in [2.75, 3.05) is 0 Å². The first-order valence-corrected chi connectivity index (χ1v) is 6.50. The fourth-order valence-corrected chi connectivity index (χ4v) is 3.58. The fraction of sp³-hybridized carbons (Fsp3) is 1.00. The molecule has 0 amide bonds. The Balaban J connectivity index is 1.57. The zero-order chi connectivity index (χ0) is 9.60. The lowest BCUT2D eigenvalue weighted by Gasteiger charge is -2.21. The van der Waals surface area contributed by atoms with Crippen LogP contribution < -0.4 is 0 Å². The molecule has 3 saturated carbocycles. The van der Waals surface area contributed by atoms with Crippen LogP contribution in [-0.4, -0.2) is 11.2 Å². The second-order valence-electron chi connectivity index (χ2n) is 5.92. The molecule has 0 saturated heterocycles. The summed E-state index contributed by atoms with van der Waals surface area (Å²) in [6.07, 6.45) is 12.4. The Labute approximate surface area is 86.9 Å². The molecule has 3 aliphatic carbocycles. The minimum absolute atomic E-state index is 0.0654. The number of aliphatic hydroxyl groups excluding tert-OH is 1. The molecule has 2 atom stereocenters. The Morgan fingerprint density at radius 1 is 1.00 bits per heavy atom. The van der Waals surface area contributed by atoms with Crippen molar-refractivity contribution in [2.45, 2.75) is 63.9 Å². The lowest BCUT2D eigenvalue weighted by molar-refractivity contribution is 0.0716. The van der Waals surface area contributed by atoms with Crippen molar-refractivity contribution < 1.29 is 5.11 Å². The highest BCUT2D eigenvalue weighted by Gasteiger charge is 2.65. The molecule has 0 aromatic heterocycles. The van der Waals surface area contributed by atoms with Gasteiger partial charge in [-0.1, -0.05) is 25.7 Å². The molecule has 1 spiro atoms. The highest BCUT2D eigenvalue weighted by Crippen LogP contribution is 2.72. The summed E-state index contributed by atoms with van der Waals surface area (Å²) in [5.74, 6) is 1.37. The van der Waals surface area contributed by atoms with E-state index in [1.807, 2.05) is 0 Å². The monoisotopic (exact) mass is 194 g/mol. The third-order valence-electron chi connectivity index (χ3n) is 4.94. The summed E-state index contributed by atoms with van der Waals surface area (Å²) >= 11 is 0. The summed E-state index contributed by atoms with van der Waals surface area (Å²) in [7, 11) is 0. The molecule has 1 N–H and O–H groups in total. The first kappa shape index (κ1) is 9.21. The van der Waals surface area contributed by atoms with E-state index in [0.29, 0.717) is 17.3 Å². The van der Waals surface area contributed by atoms with Gasteiger partial charge in [-0.05, 0) is 49.4 Å². The molecule has 3 fully saturated rings. The van der Waals surface area contributed by atoms with Gasteiger partial charge in [0.05, 0.1) is 6.10 Å². The second-order valence-corrected chi connectivity index (χ2v) is 5.92. The van der Waals surface area contributed by atoms with Gasteiger partial charge in [0.25, 0.3) is 0 Å². The number of aliphatic hydroxyl groups is 1. The summed E-state index contributed by atoms with van der Waals surface area (Å²) in [6.45, 7) is 0. The van der Waals surface area contributed by atoms with Gasteiger partial charge >= 0.3 is 0 Å². The summed E-state index contributed by atoms with van der Waals surface area (Å²) in [4.78, 5) is 0. The van der Waals surface area contributed by atoms with Gasteiger partial charge in [0.1, 0.15) is 0 Å². The molecule has 1 nitrogen and oxygen atoms in total. The van der Waals surface area contributed by atoms with Crippen molar-refractivity contribution in [1.29, 1.82) is 0 Å². The van der Waals surface area contributed by atoms with Gasteiger partial charge in [-0.3, -0.25) is 0 Å². The standard InChI is InChI=1S/C13H22O/c14-12(11-9-13(11)7-8-13)10-5-3-1-2-4-6-10/h10-12,14H,1-9H2. The van der Waals surface area contributed by atoms with Gasteiger partial charge in [-0.25, -0.2) is 0 Å². The molecule has 80 valence electrons. The van der Waals surface area contributed by atoms with Crippen LogP contribution in [-0.2, 0) is 0 Å². The first-order valence-electron chi connectivity index (χ1n) is 6.50. The van der Waals surface area contributed by atoms with Gasteiger partial charge in [-0.2, -0.15) is 0 Å². The van der Waals surface area contributed by atoms with Crippen molar-refractivity contribution in [3.63, 3.8) is 0 Å². The Hall–Kier alpha value is -0.0400. The Morgan fingerprint density at radius 3 is 2.14 bits per heavy atom. The van der Waals surface area contributed by atoms with E-state index in [0.717, 1.165) is 0 Å². The number of hydrogen-bond donors (Lipinski definition) is 1. The first-order chi connectivity index (χ1) is 6.82. The molecule has 3 aliphatic rings. The Bertz CT molecular complexity index is 211. The van der Waals surface area contributed by atoms with E-state index in [-0.39, 0.29) is 6.10 Å². The predicted octanol–water partition coefficient (Wildman–Crippen LogP) is 3.12. The third-order valence-corrected chi connectivity index (χ3v) is 4.94. The van der Waals surface area contributed by atoms with Crippen LogP contribution >= 0.6 is 0 Å². The van der Waals surface area contributed by atoms with E-state index in [1.165, 1.54) is 57.8 Å². The smallest absolute Gasteiger partial charge is 0.0602 e. The van der Waals surface area contributed by atoms with Crippen LogP contribution in [0.1, 0.15) is 57.8 Å². The van der Waals surface area contributed by atoms with Crippen LogP contribution in [0.5, 0.6) is 0 Å². The lowest BCUT2D eigenvalue weighted by Crippen LogP contribution is -2.23.